The molecule has 0 aliphatic heterocycles. The molecule has 1 aromatic carbocycles. The highest BCUT2D eigenvalue weighted by atomic mass is 16.1. The van der Waals surface area contributed by atoms with Crippen LogP contribution < -0.4 is 5.32 Å². The van der Waals surface area contributed by atoms with Gasteiger partial charge in [-0.2, -0.15) is 0 Å². The monoisotopic (exact) mass is 315 g/mol. The number of aromatic nitrogens is 1. The fraction of sp³-hybridized carbons (Fsp3) is 0.526. The Morgan fingerprint density at radius 3 is 2.65 bits per heavy atom. The number of fused-ring (bicyclic) bond motifs is 1. The minimum Gasteiger partial charge on any atom is -0.346 e. The maximum atomic E-state index is 11.8. The van der Waals surface area contributed by atoms with Crippen LogP contribution in [0.15, 0.2) is 30.5 Å². The zero-order valence-corrected chi connectivity index (χ0v) is 14.6. The van der Waals surface area contributed by atoms with E-state index < -0.39 is 0 Å². The third kappa shape index (κ3) is 4.83. The van der Waals surface area contributed by atoms with Crippen molar-refractivity contribution in [3.8, 4) is 0 Å². The molecule has 4 heteroatoms. The fourth-order valence-electron chi connectivity index (χ4n) is 2.82. The quantitative estimate of drug-likeness (QED) is 0.756. The standard InChI is InChI=1S/C19H29N3O/c1-4-7-8-19(23)20-17-9-10-18-16(15-17)11-12-22(18)14-13-21(5-2)6-3/h9-12,15H,4-8,13-14H2,1-3H3,(H,20,23). The summed E-state index contributed by atoms with van der Waals surface area (Å²) in [7, 11) is 0. The maximum absolute atomic E-state index is 11.8. The van der Waals surface area contributed by atoms with Crippen molar-refractivity contribution in [3.63, 3.8) is 0 Å². The highest BCUT2D eigenvalue weighted by molar-refractivity contribution is 5.93. The second-order valence-electron chi connectivity index (χ2n) is 5.96. The molecule has 1 heterocycles. The normalized spacial score (nSPS) is 11.3. The molecule has 0 radical (unpaired) electrons. The predicted octanol–water partition coefficient (Wildman–Crippen LogP) is 4.11. The van der Waals surface area contributed by atoms with Crippen LogP contribution in [-0.4, -0.2) is 35.0 Å². The molecule has 0 saturated carbocycles. The van der Waals surface area contributed by atoms with E-state index in [0.717, 1.165) is 44.7 Å². The average molecular weight is 315 g/mol. The van der Waals surface area contributed by atoms with Gasteiger partial charge in [0, 0.05) is 42.3 Å². The van der Waals surface area contributed by atoms with E-state index in [-0.39, 0.29) is 5.91 Å². The first-order valence-corrected chi connectivity index (χ1v) is 8.79. The number of hydrogen-bond donors (Lipinski definition) is 1. The minimum atomic E-state index is 0.104. The highest BCUT2D eigenvalue weighted by Gasteiger charge is 2.06. The number of carbonyl (C=O) groups excluding carboxylic acids is 1. The SMILES string of the molecule is CCCCC(=O)Nc1ccc2c(ccn2CCN(CC)CC)c1. The molecule has 23 heavy (non-hydrogen) atoms. The molecule has 0 saturated heterocycles. The lowest BCUT2D eigenvalue weighted by Crippen LogP contribution is -2.26. The molecule has 2 rings (SSSR count). The van der Waals surface area contributed by atoms with Crippen LogP contribution in [-0.2, 0) is 11.3 Å². The van der Waals surface area contributed by atoms with E-state index in [9.17, 15) is 4.79 Å². The third-order valence-corrected chi connectivity index (χ3v) is 4.36. The number of unbranched alkanes of at least 4 members (excludes halogenated alkanes) is 1. The summed E-state index contributed by atoms with van der Waals surface area (Å²) in [4.78, 5) is 14.3. The van der Waals surface area contributed by atoms with E-state index in [2.05, 4.69) is 60.0 Å². The first kappa shape index (κ1) is 17.5. The van der Waals surface area contributed by atoms with Gasteiger partial charge < -0.3 is 14.8 Å². The van der Waals surface area contributed by atoms with Gasteiger partial charge in [-0.25, -0.2) is 0 Å². The molecule has 0 atom stereocenters. The van der Waals surface area contributed by atoms with Crippen LogP contribution in [0.5, 0.6) is 0 Å². The summed E-state index contributed by atoms with van der Waals surface area (Å²) in [6.07, 6.45) is 4.72. The van der Waals surface area contributed by atoms with E-state index in [1.807, 2.05) is 6.07 Å². The molecule has 1 aromatic heterocycles. The number of nitrogens with one attached hydrogen (secondary N) is 1. The fourth-order valence-corrected chi connectivity index (χ4v) is 2.82. The molecule has 1 amide bonds. The lowest BCUT2D eigenvalue weighted by molar-refractivity contribution is -0.116. The van der Waals surface area contributed by atoms with E-state index in [1.54, 1.807) is 0 Å². The Kier molecular flexibility index (Phi) is 6.66. The molecule has 0 bridgehead atoms. The molecule has 0 aliphatic rings. The molecule has 2 aromatic rings. The van der Waals surface area contributed by atoms with Gasteiger partial charge in [0.15, 0.2) is 0 Å². The molecule has 0 fully saturated rings. The molecule has 0 aliphatic carbocycles. The summed E-state index contributed by atoms with van der Waals surface area (Å²) < 4.78 is 2.29. The Morgan fingerprint density at radius 2 is 1.96 bits per heavy atom. The molecule has 4 nitrogen and oxygen atoms in total. The number of benzene rings is 1. The topological polar surface area (TPSA) is 37.3 Å². The van der Waals surface area contributed by atoms with E-state index in [4.69, 9.17) is 0 Å². The van der Waals surface area contributed by atoms with Crippen LogP contribution in [0.2, 0.25) is 0 Å². The number of hydrogen-bond acceptors (Lipinski definition) is 2. The van der Waals surface area contributed by atoms with Crippen LogP contribution in [0.3, 0.4) is 0 Å². The van der Waals surface area contributed by atoms with Crippen molar-refractivity contribution in [1.29, 1.82) is 0 Å². The Hall–Kier alpha value is -1.81. The smallest absolute Gasteiger partial charge is 0.224 e. The van der Waals surface area contributed by atoms with Gasteiger partial charge >= 0.3 is 0 Å². The van der Waals surface area contributed by atoms with Crippen molar-refractivity contribution >= 4 is 22.5 Å². The van der Waals surface area contributed by atoms with Gasteiger partial charge in [0.05, 0.1) is 0 Å². The predicted molar refractivity (Wildman–Crippen MR) is 97.9 cm³/mol. The second kappa shape index (κ2) is 8.73. The van der Waals surface area contributed by atoms with Gasteiger partial charge in [-0.3, -0.25) is 4.79 Å². The lowest BCUT2D eigenvalue weighted by atomic mass is 10.2. The molecule has 126 valence electrons. The summed E-state index contributed by atoms with van der Waals surface area (Å²) >= 11 is 0. The minimum absolute atomic E-state index is 0.104. The summed E-state index contributed by atoms with van der Waals surface area (Å²) in [6, 6.07) is 8.29. The van der Waals surface area contributed by atoms with Crippen molar-refractivity contribution in [3.05, 3.63) is 30.5 Å². The molecule has 0 spiro atoms. The first-order chi connectivity index (χ1) is 11.2. The number of rotatable bonds is 9. The molecular formula is C19H29N3O. The van der Waals surface area contributed by atoms with Crippen molar-refractivity contribution in [2.45, 2.75) is 46.6 Å². The van der Waals surface area contributed by atoms with Crippen LogP contribution in [0.1, 0.15) is 40.0 Å². The van der Waals surface area contributed by atoms with Crippen LogP contribution in [0.25, 0.3) is 10.9 Å². The van der Waals surface area contributed by atoms with E-state index in [0.29, 0.717) is 6.42 Å². The lowest BCUT2D eigenvalue weighted by Gasteiger charge is -2.18. The molecular weight excluding hydrogens is 286 g/mol. The van der Waals surface area contributed by atoms with Gasteiger partial charge in [0.2, 0.25) is 5.91 Å². The van der Waals surface area contributed by atoms with E-state index in [1.165, 1.54) is 10.9 Å². The number of likely N-dealkylation sites (N-methyl/N-ethyl adjacent to an activating group) is 1. The number of carbonyl (C=O) groups is 1. The van der Waals surface area contributed by atoms with Crippen molar-refractivity contribution < 1.29 is 4.79 Å². The maximum Gasteiger partial charge on any atom is 0.224 e. The Morgan fingerprint density at radius 1 is 1.17 bits per heavy atom. The van der Waals surface area contributed by atoms with Crippen LogP contribution in [0.4, 0.5) is 5.69 Å². The number of amides is 1. The molecule has 0 unspecified atom stereocenters. The van der Waals surface area contributed by atoms with Crippen molar-refractivity contribution in [1.82, 2.24) is 9.47 Å². The van der Waals surface area contributed by atoms with Gasteiger partial charge in [-0.05, 0) is 43.8 Å². The summed E-state index contributed by atoms with van der Waals surface area (Å²) in [5.74, 6) is 0.104. The molecule has 1 N–H and O–H groups in total. The zero-order chi connectivity index (χ0) is 16.7. The average Bonchev–Trinajstić information content (AvgIpc) is 2.96. The first-order valence-electron chi connectivity index (χ1n) is 8.79. The van der Waals surface area contributed by atoms with Crippen LogP contribution >= 0.6 is 0 Å². The van der Waals surface area contributed by atoms with Crippen molar-refractivity contribution in [2.24, 2.45) is 0 Å². The zero-order valence-electron chi connectivity index (χ0n) is 14.6. The Labute approximate surface area is 139 Å². The highest BCUT2D eigenvalue weighted by Crippen LogP contribution is 2.21. The van der Waals surface area contributed by atoms with E-state index >= 15 is 0 Å². The Bertz CT molecular complexity index is 629. The van der Waals surface area contributed by atoms with Gasteiger partial charge in [0.1, 0.15) is 0 Å². The number of nitrogens with zero attached hydrogens (tertiary/aromatic N) is 2. The third-order valence-electron chi connectivity index (χ3n) is 4.36. The van der Waals surface area contributed by atoms with Gasteiger partial charge in [0.25, 0.3) is 0 Å². The Balaban J connectivity index is 2.03. The second-order valence-corrected chi connectivity index (χ2v) is 5.96. The van der Waals surface area contributed by atoms with Gasteiger partial charge in [-0.15, -0.1) is 0 Å². The van der Waals surface area contributed by atoms with Crippen LogP contribution in [0, 0.1) is 0 Å². The summed E-state index contributed by atoms with van der Waals surface area (Å²) in [5, 5.41) is 4.17. The van der Waals surface area contributed by atoms with Gasteiger partial charge in [-0.1, -0.05) is 27.2 Å². The summed E-state index contributed by atoms with van der Waals surface area (Å²) in [5.41, 5.74) is 2.11. The largest absolute Gasteiger partial charge is 0.346 e. The summed E-state index contributed by atoms with van der Waals surface area (Å²) in [6.45, 7) is 10.7. The van der Waals surface area contributed by atoms with Crippen molar-refractivity contribution in [2.75, 3.05) is 25.0 Å². The number of anilines is 1.